The Balaban J connectivity index is 0.00000161. The lowest BCUT2D eigenvalue weighted by atomic mass is 9.98. The highest BCUT2D eigenvalue weighted by Crippen LogP contribution is 2.49. The standard InChI is InChI=1S/C19H21P.B/c1-16-10-8-9-15-19(16)20(17-11-4-2-5-12-17)18-13-6-3-7-14-18;/h2-7,11-16H,8-10H2,1H3;. The van der Waals surface area contributed by atoms with Crippen molar-refractivity contribution < 1.29 is 0 Å². The first-order chi connectivity index (χ1) is 9.86. The molecule has 0 aromatic heterocycles. The Bertz CT molecular complexity index is 538. The fourth-order valence-electron chi connectivity index (χ4n) is 2.94. The summed E-state index contributed by atoms with van der Waals surface area (Å²) in [5.74, 6) is 0.718. The lowest BCUT2D eigenvalue weighted by molar-refractivity contribution is 0.575. The van der Waals surface area contributed by atoms with Crippen molar-refractivity contribution >= 4 is 26.9 Å². The van der Waals surface area contributed by atoms with Gasteiger partial charge in [0.15, 0.2) is 0 Å². The average Bonchev–Trinajstić information content (AvgIpc) is 2.52. The first kappa shape index (κ1) is 16.1. The van der Waals surface area contributed by atoms with Gasteiger partial charge in [-0.2, -0.15) is 0 Å². The highest BCUT2D eigenvalue weighted by atomic mass is 31.1. The van der Waals surface area contributed by atoms with Crippen LogP contribution in [0.1, 0.15) is 26.2 Å². The van der Waals surface area contributed by atoms with Gasteiger partial charge in [0.25, 0.3) is 0 Å². The van der Waals surface area contributed by atoms with E-state index in [1.165, 1.54) is 29.9 Å². The number of hydrogen-bond acceptors (Lipinski definition) is 0. The number of rotatable bonds is 3. The predicted octanol–water partition coefficient (Wildman–Crippen LogP) is 4.44. The van der Waals surface area contributed by atoms with E-state index in [0.717, 1.165) is 5.92 Å². The molecule has 21 heavy (non-hydrogen) atoms. The van der Waals surface area contributed by atoms with Crippen LogP contribution >= 0.6 is 7.92 Å². The summed E-state index contributed by atoms with van der Waals surface area (Å²) < 4.78 is 0. The number of benzene rings is 2. The molecule has 3 rings (SSSR count). The van der Waals surface area contributed by atoms with Gasteiger partial charge in [0.05, 0.1) is 0 Å². The Kier molecular flexibility index (Phi) is 5.82. The van der Waals surface area contributed by atoms with Crippen LogP contribution in [-0.4, -0.2) is 8.41 Å². The Morgan fingerprint density at radius 2 is 1.38 bits per heavy atom. The van der Waals surface area contributed by atoms with Crippen molar-refractivity contribution in [3.05, 3.63) is 72.1 Å². The number of hydrogen-bond donors (Lipinski definition) is 0. The molecule has 0 spiro atoms. The van der Waals surface area contributed by atoms with Crippen LogP contribution in [0.4, 0.5) is 0 Å². The molecule has 1 aliphatic rings. The van der Waals surface area contributed by atoms with Crippen LogP contribution in [-0.2, 0) is 0 Å². The first-order valence-electron chi connectivity index (χ1n) is 7.46. The maximum atomic E-state index is 2.51. The van der Waals surface area contributed by atoms with Gasteiger partial charge in [0, 0.05) is 8.41 Å². The van der Waals surface area contributed by atoms with E-state index in [4.69, 9.17) is 0 Å². The second kappa shape index (κ2) is 7.62. The molecule has 0 heterocycles. The van der Waals surface area contributed by atoms with Crippen molar-refractivity contribution in [2.45, 2.75) is 26.2 Å². The third kappa shape index (κ3) is 3.66. The average molecular weight is 291 g/mol. The van der Waals surface area contributed by atoms with Crippen LogP contribution in [0.2, 0.25) is 0 Å². The minimum absolute atomic E-state index is 0. The summed E-state index contributed by atoms with van der Waals surface area (Å²) in [5.41, 5.74) is 0. The van der Waals surface area contributed by atoms with E-state index in [1.54, 1.807) is 5.31 Å². The van der Waals surface area contributed by atoms with Gasteiger partial charge in [-0.1, -0.05) is 73.7 Å². The maximum absolute atomic E-state index is 2.51. The van der Waals surface area contributed by atoms with Gasteiger partial charge < -0.3 is 0 Å². The largest absolute Gasteiger partial charge is 0.0799 e. The molecule has 0 amide bonds. The fraction of sp³-hybridized carbons (Fsp3) is 0.263. The van der Waals surface area contributed by atoms with Crippen LogP contribution in [0.3, 0.4) is 0 Å². The zero-order valence-corrected chi connectivity index (χ0v) is 13.5. The molecule has 2 aromatic carbocycles. The minimum atomic E-state index is -0.347. The molecule has 0 saturated carbocycles. The lowest BCUT2D eigenvalue weighted by Crippen LogP contribution is -2.17. The quantitative estimate of drug-likeness (QED) is 0.579. The maximum Gasteiger partial charge on any atom is 0 e. The molecular formula is C19H21BP. The zero-order valence-electron chi connectivity index (χ0n) is 12.6. The van der Waals surface area contributed by atoms with Crippen LogP contribution in [0.15, 0.2) is 72.1 Å². The highest BCUT2D eigenvalue weighted by Gasteiger charge is 2.24. The molecule has 0 saturated heterocycles. The van der Waals surface area contributed by atoms with E-state index >= 15 is 0 Å². The highest BCUT2D eigenvalue weighted by molar-refractivity contribution is 7.76. The topological polar surface area (TPSA) is 0 Å². The molecule has 1 unspecified atom stereocenters. The summed E-state index contributed by atoms with van der Waals surface area (Å²) >= 11 is 0. The zero-order chi connectivity index (χ0) is 13.8. The molecule has 0 aliphatic heterocycles. The Morgan fingerprint density at radius 3 is 1.86 bits per heavy atom. The van der Waals surface area contributed by atoms with E-state index in [1.807, 2.05) is 0 Å². The van der Waals surface area contributed by atoms with Gasteiger partial charge in [0.1, 0.15) is 0 Å². The smallest absolute Gasteiger partial charge is 0 e. The summed E-state index contributed by atoms with van der Waals surface area (Å²) in [6.45, 7) is 2.40. The predicted molar refractivity (Wildman–Crippen MR) is 95.9 cm³/mol. The molecule has 3 radical (unpaired) electrons. The van der Waals surface area contributed by atoms with E-state index in [0.29, 0.717) is 0 Å². The molecule has 2 aromatic rings. The third-order valence-electron chi connectivity index (χ3n) is 3.99. The van der Waals surface area contributed by atoms with Crippen molar-refractivity contribution in [2.24, 2.45) is 5.92 Å². The molecular weight excluding hydrogens is 270 g/mol. The molecule has 105 valence electrons. The first-order valence-corrected chi connectivity index (χ1v) is 8.81. The lowest BCUT2D eigenvalue weighted by Gasteiger charge is -2.29. The van der Waals surface area contributed by atoms with Crippen molar-refractivity contribution in [2.75, 3.05) is 0 Å². The number of allylic oxidation sites excluding steroid dienone is 2. The summed E-state index contributed by atoms with van der Waals surface area (Å²) in [6.07, 6.45) is 6.44. The summed E-state index contributed by atoms with van der Waals surface area (Å²) in [4.78, 5) is 0. The van der Waals surface area contributed by atoms with Crippen molar-refractivity contribution in [3.8, 4) is 0 Å². The fourth-order valence-corrected chi connectivity index (χ4v) is 5.65. The molecule has 2 heteroatoms. The van der Waals surface area contributed by atoms with Crippen LogP contribution in [0.5, 0.6) is 0 Å². The van der Waals surface area contributed by atoms with Gasteiger partial charge in [-0.25, -0.2) is 0 Å². The normalized spacial score (nSPS) is 18.0. The SMILES string of the molecule is CC1CCCC=C1P(c1ccccc1)c1ccccc1.[B]. The van der Waals surface area contributed by atoms with E-state index in [2.05, 4.69) is 73.7 Å². The molecule has 0 N–H and O–H groups in total. The van der Waals surface area contributed by atoms with Gasteiger partial charge in [-0.15, -0.1) is 0 Å². The van der Waals surface area contributed by atoms with Gasteiger partial charge in [0.2, 0.25) is 0 Å². The van der Waals surface area contributed by atoms with Gasteiger partial charge >= 0.3 is 0 Å². The van der Waals surface area contributed by atoms with Gasteiger partial charge in [-0.05, 0) is 49.0 Å². The Hall–Kier alpha value is -1.33. The minimum Gasteiger partial charge on any atom is -0.0799 e. The van der Waals surface area contributed by atoms with Crippen molar-refractivity contribution in [1.29, 1.82) is 0 Å². The van der Waals surface area contributed by atoms with Crippen LogP contribution < -0.4 is 10.6 Å². The molecule has 0 fully saturated rings. The second-order valence-corrected chi connectivity index (χ2v) is 7.69. The van der Waals surface area contributed by atoms with E-state index < -0.39 is 0 Å². The molecule has 1 aliphatic carbocycles. The van der Waals surface area contributed by atoms with Crippen LogP contribution in [0, 0.1) is 5.92 Å². The van der Waals surface area contributed by atoms with Crippen LogP contribution in [0.25, 0.3) is 0 Å². The summed E-state index contributed by atoms with van der Waals surface area (Å²) in [6, 6.07) is 22.1. The molecule has 0 bridgehead atoms. The van der Waals surface area contributed by atoms with Crippen molar-refractivity contribution in [1.82, 2.24) is 0 Å². The summed E-state index contributed by atoms with van der Waals surface area (Å²) in [7, 11) is -0.347. The third-order valence-corrected chi connectivity index (χ3v) is 6.76. The Labute approximate surface area is 131 Å². The van der Waals surface area contributed by atoms with E-state index in [-0.39, 0.29) is 16.3 Å². The second-order valence-electron chi connectivity index (χ2n) is 5.47. The monoisotopic (exact) mass is 291 g/mol. The Morgan fingerprint density at radius 1 is 0.857 bits per heavy atom. The summed E-state index contributed by atoms with van der Waals surface area (Å²) in [5, 5.41) is 4.63. The van der Waals surface area contributed by atoms with Gasteiger partial charge in [-0.3, -0.25) is 0 Å². The van der Waals surface area contributed by atoms with Crippen molar-refractivity contribution in [3.63, 3.8) is 0 Å². The molecule has 0 nitrogen and oxygen atoms in total. The van der Waals surface area contributed by atoms with E-state index in [9.17, 15) is 0 Å². The molecule has 1 atom stereocenters.